The van der Waals surface area contributed by atoms with Crippen molar-refractivity contribution in [1.82, 2.24) is 4.90 Å². The van der Waals surface area contributed by atoms with Crippen LogP contribution in [0.4, 0.5) is 4.39 Å². The number of ether oxygens (including phenoxy) is 2. The topological polar surface area (TPSA) is 38.8 Å². The highest BCUT2D eigenvalue weighted by Gasteiger charge is 2.32. The lowest BCUT2D eigenvalue weighted by atomic mass is 10.2. The minimum Gasteiger partial charge on any atom is -0.497 e. The van der Waals surface area contributed by atoms with Crippen LogP contribution in [0.3, 0.4) is 0 Å². The molecule has 5 heteroatoms. The highest BCUT2D eigenvalue weighted by atomic mass is 19.1. The zero-order valence-electron chi connectivity index (χ0n) is 13.6. The van der Waals surface area contributed by atoms with E-state index in [-0.39, 0.29) is 24.4 Å². The third-order valence-electron chi connectivity index (χ3n) is 3.98. The molecule has 1 fully saturated rings. The fraction of sp³-hybridized carbons (Fsp3) is 0.316. The van der Waals surface area contributed by atoms with Crippen molar-refractivity contribution in [3.05, 3.63) is 59.9 Å². The highest BCUT2D eigenvalue weighted by molar-refractivity contribution is 5.78. The molecule has 0 bridgehead atoms. The zero-order chi connectivity index (χ0) is 16.9. The van der Waals surface area contributed by atoms with Crippen LogP contribution < -0.4 is 9.47 Å². The van der Waals surface area contributed by atoms with Gasteiger partial charge in [0.25, 0.3) is 5.91 Å². The van der Waals surface area contributed by atoms with E-state index in [1.807, 2.05) is 17.0 Å². The minimum absolute atomic E-state index is 0.0230. The standard InChI is InChI=1S/C19H20FNO3/c1-23-17-3-2-4-18(11-17)24-13-19(22)21(16-9-10-16)12-14-5-7-15(20)8-6-14/h2-8,11,16H,9-10,12-13H2,1H3. The molecule has 0 saturated heterocycles. The number of halogens is 1. The van der Waals surface area contributed by atoms with Crippen molar-refractivity contribution < 1.29 is 18.7 Å². The van der Waals surface area contributed by atoms with Crippen LogP contribution in [-0.4, -0.2) is 30.6 Å². The first-order valence-electron chi connectivity index (χ1n) is 7.96. The zero-order valence-corrected chi connectivity index (χ0v) is 13.6. The van der Waals surface area contributed by atoms with Crippen LogP contribution in [0.25, 0.3) is 0 Å². The van der Waals surface area contributed by atoms with Gasteiger partial charge in [-0.15, -0.1) is 0 Å². The smallest absolute Gasteiger partial charge is 0.261 e. The average molecular weight is 329 g/mol. The fourth-order valence-corrected chi connectivity index (χ4v) is 2.51. The third kappa shape index (κ3) is 4.25. The molecule has 126 valence electrons. The van der Waals surface area contributed by atoms with Crippen molar-refractivity contribution in [3.63, 3.8) is 0 Å². The summed E-state index contributed by atoms with van der Waals surface area (Å²) in [7, 11) is 1.59. The van der Waals surface area contributed by atoms with Crippen LogP contribution in [0, 0.1) is 5.82 Å². The Morgan fingerprint density at radius 3 is 2.54 bits per heavy atom. The molecule has 0 unspecified atom stereocenters. The SMILES string of the molecule is COc1cccc(OCC(=O)N(Cc2ccc(F)cc2)C2CC2)c1. The molecule has 0 heterocycles. The molecular formula is C19H20FNO3. The second-order valence-corrected chi connectivity index (χ2v) is 5.85. The molecule has 1 aliphatic carbocycles. The second kappa shape index (κ2) is 7.34. The van der Waals surface area contributed by atoms with Crippen LogP contribution in [-0.2, 0) is 11.3 Å². The molecule has 0 N–H and O–H groups in total. The van der Waals surface area contributed by atoms with Gasteiger partial charge in [0, 0.05) is 18.7 Å². The molecule has 0 spiro atoms. The predicted octanol–water partition coefficient (Wildman–Crippen LogP) is 3.40. The summed E-state index contributed by atoms with van der Waals surface area (Å²) in [5.41, 5.74) is 0.915. The monoisotopic (exact) mass is 329 g/mol. The average Bonchev–Trinajstić information content (AvgIpc) is 3.44. The van der Waals surface area contributed by atoms with Gasteiger partial charge in [0.2, 0.25) is 0 Å². The summed E-state index contributed by atoms with van der Waals surface area (Å²) in [6.45, 7) is 0.454. The van der Waals surface area contributed by atoms with Gasteiger partial charge in [0.05, 0.1) is 7.11 Å². The van der Waals surface area contributed by atoms with E-state index in [0.29, 0.717) is 18.0 Å². The Balaban J connectivity index is 1.61. The maximum Gasteiger partial charge on any atom is 0.261 e. The van der Waals surface area contributed by atoms with Gasteiger partial charge in [-0.25, -0.2) is 4.39 Å². The van der Waals surface area contributed by atoms with E-state index < -0.39 is 0 Å². The maximum absolute atomic E-state index is 13.0. The van der Waals surface area contributed by atoms with Crippen LogP contribution in [0.2, 0.25) is 0 Å². The quantitative estimate of drug-likeness (QED) is 0.781. The van der Waals surface area contributed by atoms with Crippen molar-refractivity contribution in [2.75, 3.05) is 13.7 Å². The number of hydrogen-bond donors (Lipinski definition) is 0. The van der Waals surface area contributed by atoms with Crippen LogP contribution in [0.15, 0.2) is 48.5 Å². The number of amides is 1. The number of rotatable bonds is 7. The molecule has 0 aliphatic heterocycles. The molecule has 2 aromatic carbocycles. The van der Waals surface area contributed by atoms with E-state index in [0.717, 1.165) is 18.4 Å². The lowest BCUT2D eigenvalue weighted by Crippen LogP contribution is -2.36. The van der Waals surface area contributed by atoms with Crippen LogP contribution in [0.5, 0.6) is 11.5 Å². The van der Waals surface area contributed by atoms with Crippen molar-refractivity contribution in [2.45, 2.75) is 25.4 Å². The summed E-state index contributed by atoms with van der Waals surface area (Å²) >= 11 is 0. The lowest BCUT2D eigenvalue weighted by Gasteiger charge is -2.22. The van der Waals surface area contributed by atoms with E-state index in [4.69, 9.17) is 9.47 Å². The Kier molecular flexibility index (Phi) is 4.99. The number of hydrogen-bond acceptors (Lipinski definition) is 3. The Hall–Kier alpha value is -2.56. The molecule has 0 atom stereocenters. The number of methoxy groups -OCH3 is 1. The molecule has 1 saturated carbocycles. The molecule has 4 nitrogen and oxygen atoms in total. The van der Waals surface area contributed by atoms with Crippen molar-refractivity contribution in [1.29, 1.82) is 0 Å². The summed E-state index contributed by atoms with van der Waals surface area (Å²) in [6.07, 6.45) is 2.01. The molecule has 2 aromatic rings. The van der Waals surface area contributed by atoms with E-state index in [9.17, 15) is 9.18 Å². The van der Waals surface area contributed by atoms with Gasteiger partial charge >= 0.3 is 0 Å². The summed E-state index contributed by atoms with van der Waals surface area (Å²) in [6, 6.07) is 13.7. The van der Waals surface area contributed by atoms with E-state index >= 15 is 0 Å². The fourth-order valence-electron chi connectivity index (χ4n) is 2.51. The molecule has 1 amide bonds. The number of carbonyl (C=O) groups excluding carboxylic acids is 1. The summed E-state index contributed by atoms with van der Waals surface area (Å²) in [4.78, 5) is 14.3. The largest absolute Gasteiger partial charge is 0.497 e. The Morgan fingerprint density at radius 1 is 1.17 bits per heavy atom. The van der Waals surface area contributed by atoms with E-state index in [1.165, 1.54) is 12.1 Å². The lowest BCUT2D eigenvalue weighted by molar-refractivity contribution is -0.134. The van der Waals surface area contributed by atoms with Gasteiger partial charge in [-0.05, 0) is 42.7 Å². The summed E-state index contributed by atoms with van der Waals surface area (Å²) < 4.78 is 23.7. The van der Waals surface area contributed by atoms with Crippen LogP contribution in [0.1, 0.15) is 18.4 Å². The summed E-state index contributed by atoms with van der Waals surface area (Å²) in [5, 5.41) is 0. The van der Waals surface area contributed by atoms with Crippen molar-refractivity contribution in [3.8, 4) is 11.5 Å². The van der Waals surface area contributed by atoms with Gasteiger partial charge in [-0.2, -0.15) is 0 Å². The maximum atomic E-state index is 13.0. The highest BCUT2D eigenvalue weighted by Crippen LogP contribution is 2.29. The predicted molar refractivity (Wildman–Crippen MR) is 88.5 cm³/mol. The first-order valence-corrected chi connectivity index (χ1v) is 7.96. The molecular weight excluding hydrogens is 309 g/mol. The van der Waals surface area contributed by atoms with Crippen LogP contribution >= 0.6 is 0 Å². The number of nitrogens with zero attached hydrogens (tertiary/aromatic N) is 1. The van der Waals surface area contributed by atoms with Gasteiger partial charge < -0.3 is 14.4 Å². The Morgan fingerprint density at radius 2 is 1.88 bits per heavy atom. The first kappa shape index (κ1) is 16.3. The van der Waals surface area contributed by atoms with Crippen molar-refractivity contribution >= 4 is 5.91 Å². The van der Waals surface area contributed by atoms with Gasteiger partial charge in [0.15, 0.2) is 6.61 Å². The molecule has 0 aromatic heterocycles. The number of carbonyl (C=O) groups is 1. The molecule has 1 aliphatic rings. The molecule has 24 heavy (non-hydrogen) atoms. The van der Waals surface area contributed by atoms with E-state index in [2.05, 4.69) is 0 Å². The first-order chi connectivity index (χ1) is 11.7. The second-order valence-electron chi connectivity index (χ2n) is 5.85. The molecule has 3 rings (SSSR count). The van der Waals surface area contributed by atoms with Crippen molar-refractivity contribution in [2.24, 2.45) is 0 Å². The van der Waals surface area contributed by atoms with Gasteiger partial charge in [0.1, 0.15) is 17.3 Å². The third-order valence-corrected chi connectivity index (χ3v) is 3.98. The molecule has 0 radical (unpaired) electrons. The van der Waals surface area contributed by atoms with Gasteiger partial charge in [-0.1, -0.05) is 18.2 Å². The Labute approximate surface area is 140 Å². The Bertz CT molecular complexity index is 698. The summed E-state index contributed by atoms with van der Waals surface area (Å²) in [5.74, 6) is 0.944. The minimum atomic E-state index is -0.274. The number of benzene rings is 2. The van der Waals surface area contributed by atoms with E-state index in [1.54, 1.807) is 31.4 Å². The normalized spacial score (nSPS) is 13.4. The van der Waals surface area contributed by atoms with Gasteiger partial charge in [-0.3, -0.25) is 4.79 Å².